The molecule has 0 aliphatic heterocycles. The Balaban J connectivity index is 2.16. The van der Waals surface area contributed by atoms with Gasteiger partial charge in [-0.2, -0.15) is 4.62 Å². The van der Waals surface area contributed by atoms with Gasteiger partial charge in [-0.05, 0) is 18.6 Å². The van der Waals surface area contributed by atoms with Gasteiger partial charge in [0.05, 0.1) is 13.3 Å². The molecule has 2 N–H and O–H groups in total. The lowest BCUT2D eigenvalue weighted by Gasteiger charge is -2.17. The van der Waals surface area contributed by atoms with Crippen LogP contribution >= 0.6 is 7.60 Å². The highest BCUT2D eigenvalue weighted by Gasteiger charge is 2.24. The minimum atomic E-state index is -3.71. The normalized spacial score (nSPS) is 13.0. The van der Waals surface area contributed by atoms with Crippen molar-refractivity contribution in [1.82, 2.24) is 9.97 Å². The first-order chi connectivity index (χ1) is 11.0. The van der Waals surface area contributed by atoms with Gasteiger partial charge >= 0.3 is 7.60 Å². The van der Waals surface area contributed by atoms with E-state index in [0.717, 1.165) is 5.82 Å². The topological polar surface area (TPSA) is 103 Å². The number of aromatic hydroxyl groups is 1. The summed E-state index contributed by atoms with van der Waals surface area (Å²) in [5.74, 6) is 1.67. The summed E-state index contributed by atoms with van der Waals surface area (Å²) in [6.45, 7) is 5.11. The number of phenolic OH excluding ortho intramolecular Hbond substituents is 1. The minimum absolute atomic E-state index is 0.0214. The number of rotatable bonds is 7. The van der Waals surface area contributed by atoms with Gasteiger partial charge in [0.2, 0.25) is 0 Å². The Morgan fingerprint density at radius 1 is 1.39 bits per heavy atom. The maximum atomic E-state index is 12.5. The van der Waals surface area contributed by atoms with Gasteiger partial charge in [0, 0.05) is 24.3 Å². The summed E-state index contributed by atoms with van der Waals surface area (Å²) in [5, 5.41) is 9.80. The van der Waals surface area contributed by atoms with E-state index in [2.05, 4.69) is 22.0 Å². The molecule has 2 aromatic rings. The van der Waals surface area contributed by atoms with Crippen molar-refractivity contribution >= 4 is 13.4 Å². The lowest BCUT2D eigenvalue weighted by atomic mass is 10.2. The fourth-order valence-corrected chi connectivity index (χ4v) is 2.43. The van der Waals surface area contributed by atoms with Gasteiger partial charge in [0.15, 0.2) is 17.3 Å². The average molecular weight is 337 g/mol. The second-order valence-electron chi connectivity index (χ2n) is 4.39. The molecule has 1 aromatic heterocycles. The molecule has 0 fully saturated rings. The molecule has 9 heteroatoms. The van der Waals surface area contributed by atoms with E-state index < -0.39 is 7.60 Å². The zero-order valence-electron chi connectivity index (χ0n) is 12.6. The Bertz CT molecular complexity index is 739. The molecule has 0 aliphatic rings. The summed E-state index contributed by atoms with van der Waals surface area (Å²) in [6, 6.07) is 2.89. The van der Waals surface area contributed by atoms with Crippen molar-refractivity contribution < 1.29 is 23.6 Å². The molecule has 1 unspecified atom stereocenters. The molecule has 2 rings (SSSR count). The van der Waals surface area contributed by atoms with E-state index >= 15 is 0 Å². The van der Waals surface area contributed by atoms with Crippen molar-refractivity contribution in [3.63, 3.8) is 0 Å². The van der Waals surface area contributed by atoms with Crippen molar-refractivity contribution in [3.05, 3.63) is 48.7 Å². The Labute approximate surface area is 133 Å². The predicted molar refractivity (Wildman–Crippen MR) is 84.6 cm³/mol. The molecule has 1 heterocycles. The van der Waals surface area contributed by atoms with Crippen LogP contribution in [0, 0.1) is 6.92 Å². The number of phenols is 1. The summed E-state index contributed by atoms with van der Waals surface area (Å²) in [6.07, 6.45) is 4.32. The summed E-state index contributed by atoms with van der Waals surface area (Å²) < 4.78 is 28.0. The van der Waals surface area contributed by atoms with E-state index in [1.54, 1.807) is 6.92 Å². The van der Waals surface area contributed by atoms with Crippen molar-refractivity contribution in [2.45, 2.75) is 6.92 Å². The molecule has 0 bridgehead atoms. The molecule has 0 saturated heterocycles. The monoisotopic (exact) mass is 337 g/mol. The van der Waals surface area contributed by atoms with E-state index in [9.17, 15) is 9.67 Å². The maximum Gasteiger partial charge on any atom is 0.424 e. The Morgan fingerprint density at radius 3 is 2.78 bits per heavy atom. The lowest BCUT2D eigenvalue weighted by molar-refractivity contribution is 0.324. The van der Waals surface area contributed by atoms with Gasteiger partial charge in [0.25, 0.3) is 0 Å². The SMILES string of the molecule is C=CP(=O)(ONc1cnccn1)Oc1cc(C)c(O)c(OC)c1. The third-order valence-corrected chi connectivity index (χ3v) is 4.01. The largest absolute Gasteiger partial charge is 0.504 e. The van der Waals surface area contributed by atoms with Crippen LogP contribution in [0.25, 0.3) is 0 Å². The number of anilines is 1. The van der Waals surface area contributed by atoms with E-state index in [1.807, 2.05) is 0 Å². The van der Waals surface area contributed by atoms with E-state index in [-0.39, 0.29) is 23.1 Å². The quantitative estimate of drug-likeness (QED) is 0.586. The molecule has 1 atom stereocenters. The number of hydrogen-bond acceptors (Lipinski definition) is 8. The summed E-state index contributed by atoms with van der Waals surface area (Å²) >= 11 is 0. The Morgan fingerprint density at radius 2 is 2.17 bits per heavy atom. The maximum absolute atomic E-state index is 12.5. The van der Waals surface area contributed by atoms with Crippen LogP contribution in [0.15, 0.2) is 43.1 Å². The van der Waals surface area contributed by atoms with Crippen molar-refractivity contribution in [2.75, 3.05) is 12.6 Å². The summed E-state index contributed by atoms with van der Waals surface area (Å²) in [7, 11) is -2.30. The number of aromatic nitrogens is 2. The fraction of sp³-hybridized carbons (Fsp3) is 0.143. The predicted octanol–water partition coefficient (Wildman–Crippen LogP) is 3.26. The third kappa shape index (κ3) is 4.21. The number of methoxy groups -OCH3 is 1. The van der Waals surface area contributed by atoms with Crippen LogP contribution in [-0.4, -0.2) is 22.2 Å². The van der Waals surface area contributed by atoms with Crippen molar-refractivity contribution in [3.8, 4) is 17.2 Å². The van der Waals surface area contributed by atoms with Crippen LogP contribution in [0.2, 0.25) is 0 Å². The van der Waals surface area contributed by atoms with Crippen molar-refractivity contribution in [2.24, 2.45) is 0 Å². The van der Waals surface area contributed by atoms with Crippen LogP contribution in [0.4, 0.5) is 5.82 Å². The van der Waals surface area contributed by atoms with Crippen molar-refractivity contribution in [1.29, 1.82) is 0 Å². The minimum Gasteiger partial charge on any atom is -0.504 e. The lowest BCUT2D eigenvalue weighted by Crippen LogP contribution is -2.04. The second-order valence-corrected chi connectivity index (χ2v) is 6.20. The van der Waals surface area contributed by atoms with Crippen LogP contribution in [0.5, 0.6) is 17.2 Å². The molecule has 0 amide bonds. The first-order valence-electron chi connectivity index (χ1n) is 6.48. The van der Waals surface area contributed by atoms with Crippen LogP contribution in [0.3, 0.4) is 0 Å². The average Bonchev–Trinajstić information content (AvgIpc) is 2.57. The Kier molecular flexibility index (Phi) is 5.20. The molecular weight excluding hydrogens is 321 g/mol. The molecular formula is C14H16N3O5P. The smallest absolute Gasteiger partial charge is 0.424 e. The number of aryl methyl sites for hydroxylation is 1. The second kappa shape index (κ2) is 7.13. The molecule has 0 radical (unpaired) electrons. The zero-order valence-corrected chi connectivity index (χ0v) is 13.5. The molecule has 23 heavy (non-hydrogen) atoms. The van der Waals surface area contributed by atoms with Crippen LogP contribution in [0.1, 0.15) is 5.56 Å². The molecule has 8 nitrogen and oxygen atoms in total. The summed E-state index contributed by atoms with van der Waals surface area (Å²) in [5.41, 5.74) is 2.89. The molecule has 0 spiro atoms. The number of ether oxygens (including phenoxy) is 1. The standard InChI is InChI=1S/C14H16N3O5P/c1-4-23(19,22-17-13-9-15-5-6-16-13)21-11-7-10(2)14(18)12(8-11)20-3/h4-9,18H,1H2,2-3H3,(H,16,17). The number of nitrogens with zero attached hydrogens (tertiary/aromatic N) is 2. The zero-order chi connectivity index (χ0) is 16.9. The number of benzene rings is 1. The van der Waals surface area contributed by atoms with E-state index in [0.29, 0.717) is 5.56 Å². The van der Waals surface area contributed by atoms with Gasteiger partial charge in [-0.1, -0.05) is 6.58 Å². The van der Waals surface area contributed by atoms with Crippen LogP contribution < -0.4 is 14.7 Å². The Hall–Kier alpha value is -2.57. The number of nitrogens with one attached hydrogen (secondary N) is 1. The van der Waals surface area contributed by atoms with Gasteiger partial charge < -0.3 is 14.4 Å². The molecule has 1 aromatic carbocycles. The van der Waals surface area contributed by atoms with Gasteiger partial charge in [-0.25, -0.2) is 15.0 Å². The van der Waals surface area contributed by atoms with E-state index in [1.165, 1.54) is 37.8 Å². The van der Waals surface area contributed by atoms with Gasteiger partial charge in [0.1, 0.15) is 5.75 Å². The summed E-state index contributed by atoms with van der Waals surface area (Å²) in [4.78, 5) is 7.75. The third-order valence-electron chi connectivity index (χ3n) is 2.76. The highest BCUT2D eigenvalue weighted by atomic mass is 31.2. The highest BCUT2D eigenvalue weighted by molar-refractivity contribution is 7.57. The fourth-order valence-electron chi connectivity index (χ4n) is 1.63. The highest BCUT2D eigenvalue weighted by Crippen LogP contribution is 2.50. The first kappa shape index (κ1) is 16.8. The van der Waals surface area contributed by atoms with Gasteiger partial charge in [-0.3, -0.25) is 4.98 Å². The van der Waals surface area contributed by atoms with E-state index in [4.69, 9.17) is 13.9 Å². The number of hydrogen-bond donors (Lipinski definition) is 2. The van der Waals surface area contributed by atoms with Crippen LogP contribution in [-0.2, 0) is 9.19 Å². The molecule has 0 aliphatic carbocycles. The van der Waals surface area contributed by atoms with Gasteiger partial charge in [-0.15, -0.1) is 0 Å². The first-order valence-corrected chi connectivity index (χ1v) is 8.10. The molecule has 0 saturated carbocycles. The molecule has 122 valence electrons.